The number of H-pyrrole nitrogens is 1. The number of likely N-dealkylation sites (tertiary alicyclic amines) is 1. The minimum Gasteiger partial charge on any atom is -0.466 e. The van der Waals surface area contributed by atoms with Gasteiger partial charge in [0.05, 0.1) is 24.6 Å². The number of rotatable bonds is 7. The van der Waals surface area contributed by atoms with Crippen molar-refractivity contribution in [3.8, 4) is 0 Å². The van der Waals surface area contributed by atoms with Crippen LogP contribution < -0.4 is 5.56 Å². The van der Waals surface area contributed by atoms with E-state index in [1.807, 2.05) is 63.2 Å². The lowest BCUT2D eigenvalue weighted by Gasteiger charge is -2.36. The van der Waals surface area contributed by atoms with Crippen LogP contribution in [0.1, 0.15) is 53.9 Å². The maximum Gasteiger partial charge on any atom is 0.309 e. The predicted molar refractivity (Wildman–Crippen MR) is 140 cm³/mol. The Morgan fingerprint density at radius 2 is 1.84 bits per heavy atom. The van der Waals surface area contributed by atoms with Crippen LogP contribution in [-0.4, -0.2) is 55.8 Å². The molecule has 1 saturated heterocycles. The average Bonchev–Trinajstić information content (AvgIpc) is 3.35. The van der Waals surface area contributed by atoms with Crippen LogP contribution in [0.4, 0.5) is 0 Å². The van der Waals surface area contributed by atoms with Crippen LogP contribution in [-0.2, 0) is 16.1 Å². The first-order chi connectivity index (χ1) is 18.0. The molecule has 9 heteroatoms. The van der Waals surface area contributed by atoms with E-state index >= 15 is 0 Å². The molecule has 2 aromatic carbocycles. The van der Waals surface area contributed by atoms with Gasteiger partial charge < -0.3 is 9.72 Å². The average molecular weight is 501 g/mol. The van der Waals surface area contributed by atoms with Gasteiger partial charge in [-0.05, 0) is 66.8 Å². The number of ether oxygens (including phenoxy) is 1. The summed E-state index contributed by atoms with van der Waals surface area (Å²) in [6, 6.07) is 15.6. The second-order valence-electron chi connectivity index (χ2n) is 9.69. The normalized spacial score (nSPS) is 15.6. The Hall–Kier alpha value is -3.85. The van der Waals surface area contributed by atoms with Crippen molar-refractivity contribution in [1.82, 2.24) is 30.1 Å². The fourth-order valence-electron chi connectivity index (χ4n) is 5.22. The third-order valence-corrected chi connectivity index (χ3v) is 7.26. The van der Waals surface area contributed by atoms with Gasteiger partial charge in [-0.3, -0.25) is 14.5 Å². The van der Waals surface area contributed by atoms with E-state index in [2.05, 4.69) is 31.5 Å². The molecule has 1 N–H and O–H groups in total. The first-order valence-electron chi connectivity index (χ1n) is 12.8. The number of aromatic nitrogens is 5. The SMILES string of the molecule is CCOC(=O)C1CCN([C@H](c2cc3c(C)ccc(C)c3[nH]c2=O)c2nnnn2Cc2ccccc2)CC1. The molecule has 9 nitrogen and oxygen atoms in total. The minimum atomic E-state index is -0.463. The summed E-state index contributed by atoms with van der Waals surface area (Å²) in [4.78, 5) is 31.3. The Morgan fingerprint density at radius 1 is 1.11 bits per heavy atom. The summed E-state index contributed by atoms with van der Waals surface area (Å²) in [5.74, 6) is 0.313. The van der Waals surface area contributed by atoms with Crippen molar-refractivity contribution in [3.05, 3.63) is 87.0 Å². The molecule has 0 bridgehead atoms. The topological polar surface area (TPSA) is 106 Å². The number of nitrogens with zero attached hydrogens (tertiary/aromatic N) is 5. The fourth-order valence-corrected chi connectivity index (χ4v) is 5.22. The van der Waals surface area contributed by atoms with Crippen molar-refractivity contribution < 1.29 is 9.53 Å². The number of nitrogens with one attached hydrogen (secondary N) is 1. The number of carbonyl (C=O) groups is 1. The fraction of sp³-hybridized carbons (Fsp3) is 0.393. The minimum absolute atomic E-state index is 0.142. The lowest BCUT2D eigenvalue weighted by atomic mass is 9.93. The number of fused-ring (bicyclic) bond motifs is 1. The van der Waals surface area contributed by atoms with Gasteiger partial charge in [0.2, 0.25) is 0 Å². The van der Waals surface area contributed by atoms with Crippen molar-refractivity contribution in [2.24, 2.45) is 5.92 Å². The number of tetrazole rings is 1. The smallest absolute Gasteiger partial charge is 0.309 e. The van der Waals surface area contributed by atoms with E-state index in [0.717, 1.165) is 27.6 Å². The quantitative estimate of drug-likeness (QED) is 0.387. The number of aromatic amines is 1. The summed E-state index contributed by atoms with van der Waals surface area (Å²) in [6.45, 7) is 7.97. The van der Waals surface area contributed by atoms with Crippen molar-refractivity contribution >= 4 is 16.9 Å². The molecule has 37 heavy (non-hydrogen) atoms. The van der Waals surface area contributed by atoms with E-state index < -0.39 is 6.04 Å². The van der Waals surface area contributed by atoms with Crippen molar-refractivity contribution in [3.63, 3.8) is 0 Å². The van der Waals surface area contributed by atoms with Gasteiger partial charge in [0.15, 0.2) is 5.82 Å². The molecule has 0 saturated carbocycles. The highest BCUT2D eigenvalue weighted by Crippen LogP contribution is 2.32. The van der Waals surface area contributed by atoms with Gasteiger partial charge in [-0.2, -0.15) is 0 Å². The predicted octanol–water partition coefficient (Wildman–Crippen LogP) is 3.54. The zero-order valence-corrected chi connectivity index (χ0v) is 21.5. The Labute approximate surface area is 215 Å². The van der Waals surface area contributed by atoms with Gasteiger partial charge >= 0.3 is 5.97 Å². The first kappa shape index (κ1) is 24.8. The third kappa shape index (κ3) is 5.04. The van der Waals surface area contributed by atoms with Gasteiger partial charge in [0.25, 0.3) is 5.56 Å². The zero-order valence-electron chi connectivity index (χ0n) is 21.5. The van der Waals surface area contributed by atoms with E-state index in [-0.39, 0.29) is 17.4 Å². The Morgan fingerprint density at radius 3 is 2.57 bits per heavy atom. The molecule has 0 amide bonds. The summed E-state index contributed by atoms with van der Waals surface area (Å²) in [5, 5.41) is 13.7. The maximum absolute atomic E-state index is 13.6. The highest BCUT2D eigenvalue weighted by Gasteiger charge is 2.35. The van der Waals surface area contributed by atoms with E-state index in [1.165, 1.54) is 0 Å². The molecule has 1 aliphatic heterocycles. The summed E-state index contributed by atoms with van der Waals surface area (Å²) < 4.78 is 7.03. The molecule has 2 aromatic heterocycles. The molecule has 3 heterocycles. The molecule has 0 radical (unpaired) electrons. The Kier molecular flexibility index (Phi) is 7.14. The van der Waals surface area contributed by atoms with Crippen molar-refractivity contribution in [2.45, 2.75) is 46.2 Å². The van der Waals surface area contributed by atoms with Gasteiger partial charge in [-0.15, -0.1) is 5.10 Å². The van der Waals surface area contributed by atoms with Crippen LogP contribution in [0.5, 0.6) is 0 Å². The summed E-state index contributed by atoms with van der Waals surface area (Å²) >= 11 is 0. The van der Waals surface area contributed by atoms with Gasteiger partial charge in [-0.25, -0.2) is 4.68 Å². The van der Waals surface area contributed by atoms with Crippen LogP contribution >= 0.6 is 0 Å². The molecule has 1 atom stereocenters. The molecular formula is C28H32N6O3. The van der Waals surface area contributed by atoms with Gasteiger partial charge in [0.1, 0.15) is 6.04 Å². The Bertz CT molecular complexity index is 1450. The van der Waals surface area contributed by atoms with Gasteiger partial charge in [-0.1, -0.05) is 42.5 Å². The summed E-state index contributed by atoms with van der Waals surface area (Å²) in [5.41, 5.74) is 4.45. The number of hydrogen-bond donors (Lipinski definition) is 1. The lowest BCUT2D eigenvalue weighted by Crippen LogP contribution is -2.42. The van der Waals surface area contributed by atoms with Crippen molar-refractivity contribution in [2.75, 3.05) is 19.7 Å². The van der Waals surface area contributed by atoms with Crippen molar-refractivity contribution in [1.29, 1.82) is 0 Å². The van der Waals surface area contributed by atoms with Crippen LogP contribution in [0.25, 0.3) is 10.9 Å². The zero-order chi connectivity index (χ0) is 25.9. The summed E-state index contributed by atoms with van der Waals surface area (Å²) in [6.07, 6.45) is 1.30. The molecule has 0 unspecified atom stereocenters. The molecule has 1 aliphatic rings. The number of piperidine rings is 1. The molecule has 192 valence electrons. The van der Waals surface area contributed by atoms with Crippen LogP contribution in [0.2, 0.25) is 0 Å². The molecule has 0 spiro atoms. The number of pyridine rings is 1. The lowest BCUT2D eigenvalue weighted by molar-refractivity contribution is -0.149. The largest absolute Gasteiger partial charge is 0.466 e. The second kappa shape index (κ2) is 10.6. The second-order valence-corrected chi connectivity index (χ2v) is 9.69. The monoisotopic (exact) mass is 500 g/mol. The van der Waals surface area contributed by atoms with Crippen LogP contribution in [0.3, 0.4) is 0 Å². The van der Waals surface area contributed by atoms with E-state index in [1.54, 1.807) is 4.68 Å². The van der Waals surface area contributed by atoms with Crippen LogP contribution in [0.15, 0.2) is 53.3 Å². The molecule has 4 aromatic rings. The maximum atomic E-state index is 13.6. The highest BCUT2D eigenvalue weighted by molar-refractivity contribution is 5.85. The third-order valence-electron chi connectivity index (χ3n) is 7.26. The number of esters is 1. The highest BCUT2D eigenvalue weighted by atomic mass is 16.5. The number of carbonyl (C=O) groups excluding carboxylic acids is 1. The van der Waals surface area contributed by atoms with Gasteiger partial charge in [0, 0.05) is 24.0 Å². The summed E-state index contributed by atoms with van der Waals surface area (Å²) in [7, 11) is 0. The standard InChI is InChI=1S/C28H32N6O3/c1-4-37-28(36)21-12-14-33(15-13-21)25(26-30-31-32-34(26)17-20-8-6-5-7-9-20)23-16-22-18(2)10-11-19(3)24(22)29-27(23)35/h5-11,16,21,25H,4,12-15,17H2,1-3H3,(H,29,35)/t25-/m1/s1. The molecule has 1 fully saturated rings. The Balaban J connectivity index is 1.57. The number of hydrogen-bond acceptors (Lipinski definition) is 7. The molecular weight excluding hydrogens is 468 g/mol. The molecule has 0 aliphatic carbocycles. The first-order valence-corrected chi connectivity index (χ1v) is 12.8. The van der Waals surface area contributed by atoms with E-state index in [4.69, 9.17) is 4.74 Å². The molecule has 5 rings (SSSR count). The van der Waals surface area contributed by atoms with E-state index in [9.17, 15) is 9.59 Å². The number of aryl methyl sites for hydroxylation is 2. The number of benzene rings is 2. The van der Waals surface area contributed by atoms with Crippen LogP contribution in [0, 0.1) is 19.8 Å². The van der Waals surface area contributed by atoms with E-state index in [0.29, 0.717) is 50.5 Å².